The van der Waals surface area contributed by atoms with Gasteiger partial charge in [0, 0.05) is 31.1 Å². The Labute approximate surface area is 180 Å². The molecule has 0 aromatic heterocycles. The number of imide groups is 1. The Hall–Kier alpha value is -3.48. The highest BCUT2D eigenvalue weighted by Crippen LogP contribution is 2.26. The van der Waals surface area contributed by atoms with Gasteiger partial charge in [0.2, 0.25) is 5.91 Å². The molecule has 2 N–H and O–H groups in total. The Kier molecular flexibility index (Phi) is 5.84. The first kappa shape index (κ1) is 20.8. The smallest absolute Gasteiger partial charge is 0.261 e. The van der Waals surface area contributed by atoms with Crippen LogP contribution in [-0.2, 0) is 11.2 Å². The van der Waals surface area contributed by atoms with Crippen molar-refractivity contribution < 1.29 is 19.2 Å². The Balaban J connectivity index is 1.41. The molecule has 2 aromatic rings. The van der Waals surface area contributed by atoms with Crippen LogP contribution in [0.3, 0.4) is 0 Å². The van der Waals surface area contributed by atoms with Gasteiger partial charge >= 0.3 is 0 Å². The normalized spacial score (nSPS) is 16.5. The van der Waals surface area contributed by atoms with E-state index < -0.39 is 0 Å². The zero-order valence-corrected chi connectivity index (χ0v) is 17.3. The van der Waals surface area contributed by atoms with E-state index in [9.17, 15) is 19.2 Å². The van der Waals surface area contributed by atoms with Crippen molar-refractivity contribution >= 4 is 23.6 Å². The maximum atomic E-state index is 12.9. The van der Waals surface area contributed by atoms with E-state index in [2.05, 4.69) is 0 Å². The zero-order valence-electron chi connectivity index (χ0n) is 17.3. The molecule has 2 aliphatic heterocycles. The summed E-state index contributed by atoms with van der Waals surface area (Å²) in [5.41, 5.74) is 7.51. The third kappa shape index (κ3) is 4.21. The van der Waals surface area contributed by atoms with Gasteiger partial charge in [-0.1, -0.05) is 30.3 Å². The van der Waals surface area contributed by atoms with Gasteiger partial charge in [-0.2, -0.15) is 0 Å². The summed E-state index contributed by atoms with van der Waals surface area (Å²) >= 11 is 0. The Morgan fingerprint density at radius 3 is 2.29 bits per heavy atom. The molecule has 4 rings (SSSR count). The van der Waals surface area contributed by atoms with Gasteiger partial charge in [0.25, 0.3) is 17.7 Å². The van der Waals surface area contributed by atoms with E-state index in [-0.39, 0.29) is 35.1 Å². The first-order chi connectivity index (χ1) is 15.0. The number of primary amides is 1. The van der Waals surface area contributed by atoms with Crippen molar-refractivity contribution in [3.05, 3.63) is 70.8 Å². The number of likely N-dealkylation sites (tertiary alicyclic amines) is 1. The van der Waals surface area contributed by atoms with Crippen LogP contribution in [0.2, 0.25) is 0 Å². The fraction of sp³-hybridized carbons (Fsp3) is 0.333. The van der Waals surface area contributed by atoms with Crippen LogP contribution < -0.4 is 5.73 Å². The molecule has 7 heteroatoms. The lowest BCUT2D eigenvalue weighted by molar-refractivity contribution is -0.123. The molecule has 1 fully saturated rings. The lowest BCUT2D eigenvalue weighted by atomic mass is 9.95. The number of hydrogen-bond donors (Lipinski definition) is 1. The lowest BCUT2D eigenvalue weighted by Crippen LogP contribution is -2.41. The van der Waals surface area contributed by atoms with E-state index in [0.29, 0.717) is 50.0 Å². The molecule has 0 bridgehead atoms. The molecule has 4 amide bonds. The monoisotopic (exact) mass is 419 g/mol. The number of rotatable bonds is 6. The van der Waals surface area contributed by atoms with Crippen molar-refractivity contribution in [1.29, 1.82) is 0 Å². The molecule has 2 aromatic carbocycles. The minimum absolute atomic E-state index is 0.200. The highest BCUT2D eigenvalue weighted by Gasteiger charge is 2.36. The van der Waals surface area contributed by atoms with Gasteiger partial charge in [0.05, 0.1) is 11.1 Å². The van der Waals surface area contributed by atoms with Crippen LogP contribution in [0.1, 0.15) is 55.9 Å². The van der Waals surface area contributed by atoms with Gasteiger partial charge in [-0.25, -0.2) is 0 Å². The number of nitrogens with zero attached hydrogens (tertiary/aromatic N) is 2. The molecule has 1 saturated heterocycles. The van der Waals surface area contributed by atoms with E-state index in [4.69, 9.17) is 5.73 Å². The number of fused-ring (bicyclic) bond motifs is 1. The number of nitrogens with two attached hydrogens (primary N) is 1. The second-order valence-corrected chi connectivity index (χ2v) is 8.08. The van der Waals surface area contributed by atoms with E-state index in [1.807, 2.05) is 30.3 Å². The second-order valence-electron chi connectivity index (χ2n) is 8.08. The summed E-state index contributed by atoms with van der Waals surface area (Å²) in [6.07, 6.45) is 2.53. The van der Waals surface area contributed by atoms with Crippen LogP contribution in [0.5, 0.6) is 0 Å². The number of benzene rings is 2. The van der Waals surface area contributed by atoms with Gasteiger partial charge in [0.1, 0.15) is 0 Å². The highest BCUT2D eigenvalue weighted by molar-refractivity contribution is 6.22. The molecule has 0 aliphatic carbocycles. The molecule has 7 nitrogen and oxygen atoms in total. The van der Waals surface area contributed by atoms with E-state index >= 15 is 0 Å². The Morgan fingerprint density at radius 1 is 0.935 bits per heavy atom. The Bertz CT molecular complexity index is 1030. The molecule has 0 unspecified atom stereocenters. The number of piperidine rings is 1. The van der Waals surface area contributed by atoms with E-state index in [0.717, 1.165) is 12.0 Å². The lowest BCUT2D eigenvalue weighted by Gasteiger charge is -2.30. The predicted molar refractivity (Wildman–Crippen MR) is 114 cm³/mol. The molecule has 31 heavy (non-hydrogen) atoms. The van der Waals surface area contributed by atoms with Gasteiger partial charge in [-0.05, 0) is 49.4 Å². The summed E-state index contributed by atoms with van der Waals surface area (Å²) < 4.78 is 0. The summed E-state index contributed by atoms with van der Waals surface area (Å²) in [4.78, 5) is 52.7. The van der Waals surface area contributed by atoms with Crippen LogP contribution in [-0.4, -0.2) is 53.1 Å². The zero-order chi connectivity index (χ0) is 22.0. The van der Waals surface area contributed by atoms with Crippen LogP contribution >= 0.6 is 0 Å². The average molecular weight is 419 g/mol. The fourth-order valence-electron chi connectivity index (χ4n) is 4.26. The largest absolute Gasteiger partial charge is 0.369 e. The first-order valence-corrected chi connectivity index (χ1v) is 10.6. The third-order valence-corrected chi connectivity index (χ3v) is 6.09. The molecule has 0 atom stereocenters. The van der Waals surface area contributed by atoms with Gasteiger partial charge in [0.15, 0.2) is 0 Å². The standard InChI is InChI=1S/C24H25N3O4/c25-21(28)17-10-13-26(14-11-17)22(29)18-8-9-19-20(15-18)24(31)27(23(19)30)12-4-7-16-5-2-1-3-6-16/h1-3,5-6,8-9,15,17H,4,7,10-14H2,(H2,25,28). The molecule has 0 spiro atoms. The van der Waals surface area contributed by atoms with Crippen molar-refractivity contribution in [2.45, 2.75) is 25.7 Å². The highest BCUT2D eigenvalue weighted by atomic mass is 16.2. The summed E-state index contributed by atoms with van der Waals surface area (Å²) in [6.45, 7) is 1.23. The van der Waals surface area contributed by atoms with Crippen molar-refractivity contribution in [2.24, 2.45) is 11.7 Å². The Morgan fingerprint density at radius 2 is 1.61 bits per heavy atom. The summed E-state index contributed by atoms with van der Waals surface area (Å²) in [6, 6.07) is 14.6. The van der Waals surface area contributed by atoms with E-state index in [1.165, 1.54) is 11.0 Å². The summed E-state index contributed by atoms with van der Waals surface area (Å²) in [7, 11) is 0. The third-order valence-electron chi connectivity index (χ3n) is 6.09. The fourth-order valence-corrected chi connectivity index (χ4v) is 4.26. The van der Waals surface area contributed by atoms with Crippen LogP contribution in [0.25, 0.3) is 0 Å². The number of aryl methyl sites for hydroxylation is 1. The topological polar surface area (TPSA) is 101 Å². The quantitative estimate of drug-likeness (QED) is 0.726. The maximum absolute atomic E-state index is 12.9. The van der Waals surface area contributed by atoms with Crippen LogP contribution in [0.4, 0.5) is 0 Å². The molecular weight excluding hydrogens is 394 g/mol. The van der Waals surface area contributed by atoms with E-state index in [1.54, 1.807) is 17.0 Å². The first-order valence-electron chi connectivity index (χ1n) is 10.6. The predicted octanol–water partition coefficient (Wildman–Crippen LogP) is 2.25. The minimum atomic E-state index is -0.352. The number of carbonyl (C=O) groups is 4. The molecule has 2 heterocycles. The number of carbonyl (C=O) groups excluding carboxylic acids is 4. The minimum Gasteiger partial charge on any atom is -0.369 e. The van der Waals surface area contributed by atoms with Gasteiger partial charge < -0.3 is 10.6 Å². The molecule has 0 saturated carbocycles. The second kappa shape index (κ2) is 8.71. The van der Waals surface area contributed by atoms with Crippen molar-refractivity contribution in [3.63, 3.8) is 0 Å². The maximum Gasteiger partial charge on any atom is 0.261 e. The average Bonchev–Trinajstić information content (AvgIpc) is 3.03. The SMILES string of the molecule is NC(=O)C1CCN(C(=O)c2ccc3c(c2)C(=O)N(CCCc2ccccc2)C3=O)CC1. The molecule has 2 aliphatic rings. The number of amides is 4. The number of hydrogen-bond acceptors (Lipinski definition) is 4. The molecule has 0 radical (unpaired) electrons. The van der Waals surface area contributed by atoms with Crippen molar-refractivity contribution in [1.82, 2.24) is 9.80 Å². The molecular formula is C24H25N3O4. The van der Waals surface area contributed by atoms with Crippen LogP contribution in [0.15, 0.2) is 48.5 Å². The van der Waals surface area contributed by atoms with Crippen molar-refractivity contribution in [3.8, 4) is 0 Å². The van der Waals surface area contributed by atoms with Gasteiger partial charge in [-0.15, -0.1) is 0 Å². The summed E-state index contributed by atoms with van der Waals surface area (Å²) in [5, 5.41) is 0. The molecule has 160 valence electrons. The summed E-state index contributed by atoms with van der Waals surface area (Å²) in [5.74, 6) is -1.40. The van der Waals surface area contributed by atoms with Gasteiger partial charge in [-0.3, -0.25) is 24.1 Å². The van der Waals surface area contributed by atoms with Crippen LogP contribution in [0, 0.1) is 5.92 Å². The van der Waals surface area contributed by atoms with Crippen molar-refractivity contribution in [2.75, 3.05) is 19.6 Å².